The van der Waals surface area contributed by atoms with E-state index in [1.165, 1.54) is 0 Å². The predicted molar refractivity (Wildman–Crippen MR) is 88.3 cm³/mol. The first-order chi connectivity index (χ1) is 6.71. The Bertz CT molecular complexity index is 142. The van der Waals surface area contributed by atoms with Gasteiger partial charge in [-0.15, -0.1) is 0 Å². The summed E-state index contributed by atoms with van der Waals surface area (Å²) >= 11 is 0. The molecule has 0 bridgehead atoms. The molecule has 0 unspecified atom stereocenters. The maximum absolute atomic E-state index is 5.56. The van der Waals surface area contributed by atoms with Crippen molar-refractivity contribution in [3.63, 3.8) is 0 Å². The maximum atomic E-state index is 5.56. The van der Waals surface area contributed by atoms with Crippen molar-refractivity contribution < 1.29 is 4.74 Å². The molecular formula is C17H42O. The van der Waals surface area contributed by atoms with Gasteiger partial charge in [0.15, 0.2) is 0 Å². The molecule has 0 rings (SSSR count). The van der Waals surface area contributed by atoms with Crippen molar-refractivity contribution in [2.24, 2.45) is 16.2 Å². The second-order valence-corrected chi connectivity index (χ2v) is 8.61. The van der Waals surface area contributed by atoms with E-state index in [1.54, 1.807) is 0 Å². The topological polar surface area (TPSA) is 9.23 Å². The van der Waals surface area contributed by atoms with Gasteiger partial charge in [0.05, 0.1) is 13.2 Å². The first-order valence-electron chi connectivity index (χ1n) is 6.28. The summed E-state index contributed by atoms with van der Waals surface area (Å²) in [6.07, 6.45) is 0. The largest absolute Gasteiger partial charge is 0.380 e. The fourth-order valence-electron chi connectivity index (χ4n) is 0.663. The number of hydrogen-bond donors (Lipinski definition) is 0. The highest BCUT2D eigenvalue weighted by atomic mass is 16.5. The monoisotopic (exact) mass is 262 g/mol. The van der Waals surface area contributed by atoms with Crippen LogP contribution in [-0.2, 0) is 4.74 Å². The van der Waals surface area contributed by atoms with E-state index in [-0.39, 0.29) is 14.9 Å². The fraction of sp³-hybridized carbons (Fsp3) is 1.00. The number of ether oxygens (including phenoxy) is 1. The lowest BCUT2D eigenvalue weighted by atomic mass is 9.97. The third kappa shape index (κ3) is 56.4. The van der Waals surface area contributed by atoms with Gasteiger partial charge >= 0.3 is 0 Å². The van der Waals surface area contributed by atoms with Crippen LogP contribution < -0.4 is 0 Å². The molecule has 0 amide bonds. The van der Waals surface area contributed by atoms with Crippen LogP contribution in [0.1, 0.15) is 84.1 Å². The number of hydrogen-bond acceptors (Lipinski definition) is 1. The first-order valence-corrected chi connectivity index (χ1v) is 6.28. The Morgan fingerprint density at radius 3 is 0.833 bits per heavy atom. The average Bonchev–Trinajstić information content (AvgIpc) is 1.74. The third-order valence-electron chi connectivity index (χ3n) is 1.07. The zero-order valence-corrected chi connectivity index (χ0v) is 13.3. The van der Waals surface area contributed by atoms with Crippen molar-refractivity contribution in [1.29, 1.82) is 0 Å². The fourth-order valence-corrected chi connectivity index (χ4v) is 0.663. The van der Waals surface area contributed by atoms with Crippen LogP contribution >= 0.6 is 0 Å². The van der Waals surface area contributed by atoms with E-state index in [0.29, 0.717) is 16.2 Å². The van der Waals surface area contributed by atoms with Crippen molar-refractivity contribution in [2.75, 3.05) is 13.2 Å². The highest BCUT2D eigenvalue weighted by molar-refractivity contribution is 4.63. The predicted octanol–water partition coefficient (Wildman–Crippen LogP) is 6.42. The summed E-state index contributed by atoms with van der Waals surface area (Å²) in [4.78, 5) is 0. The number of rotatable bonds is 2. The van der Waals surface area contributed by atoms with Crippen LogP contribution in [0.4, 0.5) is 0 Å². The van der Waals surface area contributed by atoms with E-state index in [9.17, 15) is 0 Å². The van der Waals surface area contributed by atoms with E-state index < -0.39 is 0 Å². The second-order valence-electron chi connectivity index (χ2n) is 8.61. The molecule has 0 aliphatic heterocycles. The molecule has 116 valence electrons. The van der Waals surface area contributed by atoms with Crippen molar-refractivity contribution in [3.05, 3.63) is 0 Å². The zero-order valence-electron chi connectivity index (χ0n) is 13.3. The molecule has 0 saturated carbocycles. The summed E-state index contributed by atoms with van der Waals surface area (Å²) in [6.45, 7) is 23.6. The summed E-state index contributed by atoms with van der Waals surface area (Å²) in [7, 11) is 0. The summed E-state index contributed by atoms with van der Waals surface area (Å²) in [6, 6.07) is 0. The Labute approximate surface area is 119 Å². The summed E-state index contributed by atoms with van der Waals surface area (Å²) < 4.78 is 5.56. The Balaban J connectivity index is -0.000000122. The van der Waals surface area contributed by atoms with Gasteiger partial charge in [0.25, 0.3) is 0 Å². The molecule has 0 N–H and O–H groups in total. The van der Waals surface area contributed by atoms with E-state index in [1.807, 2.05) is 0 Å². The van der Waals surface area contributed by atoms with Crippen LogP contribution in [0, 0.1) is 16.2 Å². The van der Waals surface area contributed by atoms with E-state index in [0.717, 1.165) is 13.2 Å². The molecule has 0 aromatic carbocycles. The van der Waals surface area contributed by atoms with E-state index >= 15 is 0 Å². The average molecular weight is 263 g/mol. The van der Waals surface area contributed by atoms with Crippen LogP contribution in [0.5, 0.6) is 0 Å². The van der Waals surface area contributed by atoms with Crippen LogP contribution in [0.15, 0.2) is 0 Å². The molecule has 0 atom stereocenters. The Morgan fingerprint density at radius 1 is 0.556 bits per heavy atom. The second kappa shape index (κ2) is 9.83. The summed E-state index contributed by atoms with van der Waals surface area (Å²) in [5, 5.41) is 0. The van der Waals surface area contributed by atoms with Gasteiger partial charge in [-0.05, 0) is 16.2 Å². The molecule has 0 aliphatic carbocycles. The molecule has 0 spiro atoms. The van der Waals surface area contributed by atoms with Crippen molar-refractivity contribution in [1.82, 2.24) is 0 Å². The molecule has 0 fully saturated rings. The standard InChI is InChI=1S/C10H22O.C5H12.2CH4/c1-9(2,3)7-11-8-10(4,5)6;1-5(2,3)4;;/h7-8H2,1-6H3;1-4H3;2*1H4. The molecule has 0 aliphatic rings. The lowest BCUT2D eigenvalue weighted by molar-refractivity contribution is 0.0275. The van der Waals surface area contributed by atoms with Gasteiger partial charge in [0, 0.05) is 0 Å². The summed E-state index contributed by atoms with van der Waals surface area (Å²) in [5.41, 5.74) is 1.09. The lowest BCUT2D eigenvalue weighted by Crippen LogP contribution is -2.21. The van der Waals surface area contributed by atoms with Gasteiger partial charge in [0.2, 0.25) is 0 Å². The van der Waals surface area contributed by atoms with Gasteiger partial charge in [0.1, 0.15) is 0 Å². The quantitative estimate of drug-likeness (QED) is 0.558. The van der Waals surface area contributed by atoms with Crippen LogP contribution in [0.2, 0.25) is 0 Å². The molecule has 0 heterocycles. The maximum Gasteiger partial charge on any atom is 0.0514 e. The van der Waals surface area contributed by atoms with Gasteiger partial charge < -0.3 is 4.74 Å². The molecular weight excluding hydrogens is 220 g/mol. The molecule has 1 nitrogen and oxygen atoms in total. The van der Waals surface area contributed by atoms with Crippen LogP contribution in [-0.4, -0.2) is 13.2 Å². The van der Waals surface area contributed by atoms with Gasteiger partial charge in [-0.3, -0.25) is 0 Å². The van der Waals surface area contributed by atoms with Gasteiger partial charge in [-0.2, -0.15) is 0 Å². The third-order valence-corrected chi connectivity index (χ3v) is 1.07. The van der Waals surface area contributed by atoms with Crippen molar-refractivity contribution in [2.45, 2.75) is 84.1 Å². The van der Waals surface area contributed by atoms with Crippen molar-refractivity contribution >= 4 is 0 Å². The highest BCUT2D eigenvalue weighted by Gasteiger charge is 2.14. The minimum Gasteiger partial charge on any atom is -0.380 e. The first kappa shape index (κ1) is 26.5. The molecule has 0 radical (unpaired) electrons. The Kier molecular flexibility index (Phi) is 14.5. The van der Waals surface area contributed by atoms with Crippen LogP contribution in [0.25, 0.3) is 0 Å². The molecule has 1 heteroatoms. The van der Waals surface area contributed by atoms with Crippen molar-refractivity contribution in [3.8, 4) is 0 Å². The highest BCUT2D eigenvalue weighted by Crippen LogP contribution is 2.17. The molecule has 0 saturated heterocycles. The lowest BCUT2D eigenvalue weighted by Gasteiger charge is -2.23. The van der Waals surface area contributed by atoms with Gasteiger partial charge in [-0.1, -0.05) is 84.1 Å². The minimum absolute atomic E-state index is 0. The Morgan fingerprint density at radius 2 is 0.722 bits per heavy atom. The van der Waals surface area contributed by atoms with Gasteiger partial charge in [-0.25, -0.2) is 0 Å². The Hall–Kier alpha value is -0.0400. The normalized spacial score (nSPS) is 11.7. The zero-order chi connectivity index (χ0) is 13.6. The molecule has 0 aromatic rings. The smallest absolute Gasteiger partial charge is 0.0514 e. The molecule has 18 heavy (non-hydrogen) atoms. The summed E-state index contributed by atoms with van der Waals surface area (Å²) in [5.74, 6) is 0. The van der Waals surface area contributed by atoms with E-state index in [2.05, 4.69) is 69.2 Å². The van der Waals surface area contributed by atoms with Crippen LogP contribution in [0.3, 0.4) is 0 Å². The molecule has 0 aromatic heterocycles. The minimum atomic E-state index is 0. The SMILES string of the molecule is C.C.CC(C)(C)C.CC(C)(C)COCC(C)(C)C. The van der Waals surface area contributed by atoms with E-state index in [4.69, 9.17) is 4.74 Å².